The second kappa shape index (κ2) is 9.49. The van der Waals surface area contributed by atoms with Crippen LogP contribution in [-0.2, 0) is 23.3 Å². The molecule has 1 fully saturated rings. The van der Waals surface area contributed by atoms with Crippen LogP contribution in [0.25, 0.3) is 0 Å². The Hall–Kier alpha value is -3.38. The molecule has 1 aromatic carbocycles. The predicted molar refractivity (Wildman–Crippen MR) is 131 cm³/mol. The fourth-order valence-corrected chi connectivity index (χ4v) is 6.43. The van der Waals surface area contributed by atoms with E-state index in [0.717, 1.165) is 6.07 Å². The van der Waals surface area contributed by atoms with Gasteiger partial charge in [-0.3, -0.25) is 9.79 Å². The van der Waals surface area contributed by atoms with Crippen LogP contribution in [-0.4, -0.2) is 44.4 Å². The Balaban J connectivity index is 1.38. The van der Waals surface area contributed by atoms with E-state index in [4.69, 9.17) is 19.6 Å². The minimum absolute atomic E-state index is 0.0585. The normalized spacial score (nSPS) is 24.4. The number of rotatable bonds is 9. The summed E-state index contributed by atoms with van der Waals surface area (Å²) in [6.45, 7) is 3.85. The standard InChI is InChI=1S/C25H25F2N5O4S/c1-13-22(30-10-19(31-13)36-11-20-29-4-5-35-20)17(33)8-14-6-15(21(27)16(26)7-14)24(2)18-9-25(18,12-34-3)37-23(28)32-24/h4-7,10,18H,8-9,11-12H2,1-3H3,(H2,28,32)/t18-,24+,25+/m0/s1. The van der Waals surface area contributed by atoms with E-state index in [1.807, 2.05) is 0 Å². The van der Waals surface area contributed by atoms with Crippen molar-refractivity contribution in [2.24, 2.45) is 16.6 Å². The molecule has 1 aliphatic carbocycles. The van der Waals surface area contributed by atoms with Crippen LogP contribution in [0, 0.1) is 24.5 Å². The maximum Gasteiger partial charge on any atom is 0.233 e. The number of ether oxygens (including phenoxy) is 2. The van der Waals surface area contributed by atoms with Crippen LogP contribution in [0.1, 0.15) is 46.5 Å². The first-order chi connectivity index (χ1) is 17.6. The Bertz CT molecular complexity index is 1390. The molecular weight excluding hydrogens is 504 g/mol. The van der Waals surface area contributed by atoms with Gasteiger partial charge in [-0.15, -0.1) is 0 Å². The molecule has 0 radical (unpaired) electrons. The number of aryl methyl sites for hydroxylation is 1. The number of halogens is 2. The largest absolute Gasteiger partial charge is 0.467 e. The lowest BCUT2D eigenvalue weighted by atomic mass is 9.84. The number of hydrogen-bond acceptors (Lipinski definition) is 10. The zero-order valence-electron chi connectivity index (χ0n) is 20.5. The number of hydrogen-bond donors (Lipinski definition) is 1. The number of methoxy groups -OCH3 is 1. The summed E-state index contributed by atoms with van der Waals surface area (Å²) >= 11 is 1.41. The van der Waals surface area contributed by atoms with E-state index in [1.54, 1.807) is 21.0 Å². The molecule has 3 atom stereocenters. The van der Waals surface area contributed by atoms with E-state index >= 15 is 4.39 Å². The van der Waals surface area contributed by atoms with Gasteiger partial charge in [0.2, 0.25) is 11.8 Å². The molecule has 194 valence electrons. The lowest BCUT2D eigenvalue weighted by Crippen LogP contribution is -2.38. The van der Waals surface area contributed by atoms with Crippen molar-refractivity contribution < 1.29 is 27.5 Å². The summed E-state index contributed by atoms with van der Waals surface area (Å²) in [5.74, 6) is -1.96. The van der Waals surface area contributed by atoms with E-state index in [9.17, 15) is 9.18 Å². The number of aliphatic imine (C=N–C) groups is 1. The molecule has 5 rings (SSSR count). The molecule has 0 spiro atoms. The van der Waals surface area contributed by atoms with Gasteiger partial charge in [-0.05, 0) is 38.0 Å². The molecule has 3 heterocycles. The van der Waals surface area contributed by atoms with Crippen LogP contribution >= 0.6 is 11.8 Å². The number of nitrogens with zero attached hydrogens (tertiary/aromatic N) is 4. The van der Waals surface area contributed by atoms with Crippen LogP contribution in [0.15, 0.2) is 40.2 Å². The number of carbonyl (C=O) groups is 1. The molecular formula is C25H25F2N5O4S. The van der Waals surface area contributed by atoms with Gasteiger partial charge in [0.25, 0.3) is 0 Å². The van der Waals surface area contributed by atoms with Gasteiger partial charge in [-0.2, -0.15) is 0 Å². The first-order valence-electron chi connectivity index (χ1n) is 11.5. The molecule has 0 unspecified atom stereocenters. The minimum atomic E-state index is -1.09. The van der Waals surface area contributed by atoms with Crippen molar-refractivity contribution in [3.63, 3.8) is 0 Å². The number of fused-ring (bicyclic) bond motifs is 1. The van der Waals surface area contributed by atoms with Gasteiger partial charge >= 0.3 is 0 Å². The minimum Gasteiger partial charge on any atom is -0.467 e. The van der Waals surface area contributed by atoms with Crippen LogP contribution in [0.4, 0.5) is 8.78 Å². The van der Waals surface area contributed by atoms with Crippen molar-refractivity contribution in [2.75, 3.05) is 13.7 Å². The Kier molecular flexibility index (Phi) is 6.48. The molecule has 3 aromatic rings. The summed E-state index contributed by atoms with van der Waals surface area (Å²) in [6.07, 6.45) is 4.75. The average Bonchev–Trinajstić information content (AvgIpc) is 3.31. The van der Waals surface area contributed by atoms with Gasteiger partial charge in [0.1, 0.15) is 12.0 Å². The number of aromatic nitrogens is 3. The summed E-state index contributed by atoms with van der Waals surface area (Å²) in [4.78, 5) is 30.0. The zero-order chi connectivity index (χ0) is 26.4. The Morgan fingerprint density at radius 1 is 1.32 bits per heavy atom. The molecule has 0 bridgehead atoms. The van der Waals surface area contributed by atoms with E-state index in [2.05, 4.69) is 19.9 Å². The molecule has 37 heavy (non-hydrogen) atoms. The van der Waals surface area contributed by atoms with E-state index in [-0.39, 0.29) is 40.8 Å². The summed E-state index contributed by atoms with van der Waals surface area (Å²) < 4.78 is 45.5. The van der Waals surface area contributed by atoms with E-state index in [1.165, 1.54) is 36.5 Å². The van der Waals surface area contributed by atoms with E-state index < -0.39 is 23.0 Å². The first-order valence-corrected chi connectivity index (χ1v) is 12.4. The molecule has 2 aromatic heterocycles. The second-order valence-corrected chi connectivity index (χ2v) is 10.8. The summed E-state index contributed by atoms with van der Waals surface area (Å²) in [5.41, 5.74) is 5.83. The molecule has 1 aliphatic heterocycles. The van der Waals surface area contributed by atoms with Crippen molar-refractivity contribution in [1.29, 1.82) is 0 Å². The van der Waals surface area contributed by atoms with Gasteiger partial charge in [-0.1, -0.05) is 11.8 Å². The third kappa shape index (κ3) is 4.71. The zero-order valence-corrected chi connectivity index (χ0v) is 21.3. The van der Waals surface area contributed by atoms with Gasteiger partial charge in [0, 0.05) is 25.0 Å². The molecule has 9 nitrogen and oxygen atoms in total. The van der Waals surface area contributed by atoms with E-state index in [0.29, 0.717) is 35.3 Å². The van der Waals surface area contributed by atoms with Crippen molar-refractivity contribution in [2.45, 2.75) is 43.6 Å². The molecule has 1 saturated carbocycles. The number of amidine groups is 1. The lowest BCUT2D eigenvalue weighted by Gasteiger charge is -2.34. The lowest BCUT2D eigenvalue weighted by molar-refractivity contribution is 0.0986. The second-order valence-electron chi connectivity index (χ2n) is 9.35. The summed E-state index contributed by atoms with van der Waals surface area (Å²) in [5, 5.41) is 0.297. The number of thioether (sulfide) groups is 1. The van der Waals surface area contributed by atoms with Crippen molar-refractivity contribution >= 4 is 22.7 Å². The van der Waals surface area contributed by atoms with Crippen molar-refractivity contribution in [3.05, 3.63) is 70.8 Å². The topological polar surface area (TPSA) is 126 Å². The molecule has 12 heteroatoms. The third-order valence-electron chi connectivity index (χ3n) is 6.76. The van der Waals surface area contributed by atoms with Crippen LogP contribution in [0.3, 0.4) is 0 Å². The predicted octanol–water partition coefficient (Wildman–Crippen LogP) is 3.74. The number of benzene rings is 1. The Morgan fingerprint density at radius 2 is 2.14 bits per heavy atom. The van der Waals surface area contributed by atoms with Crippen LogP contribution in [0.2, 0.25) is 0 Å². The fraction of sp³-hybridized carbons (Fsp3) is 0.400. The quantitative estimate of drug-likeness (QED) is 0.413. The van der Waals surface area contributed by atoms with Crippen LogP contribution < -0.4 is 10.5 Å². The maximum atomic E-state index is 15.1. The highest BCUT2D eigenvalue weighted by molar-refractivity contribution is 8.15. The number of oxazole rings is 1. The Labute approximate surface area is 215 Å². The number of carbonyl (C=O) groups excluding carboxylic acids is 1. The van der Waals surface area contributed by atoms with Crippen LogP contribution in [0.5, 0.6) is 5.88 Å². The third-order valence-corrected chi connectivity index (χ3v) is 8.03. The van der Waals surface area contributed by atoms with Gasteiger partial charge in [0.05, 0.1) is 35.0 Å². The monoisotopic (exact) mass is 529 g/mol. The van der Waals surface area contributed by atoms with Crippen molar-refractivity contribution in [3.8, 4) is 5.88 Å². The highest BCUT2D eigenvalue weighted by Crippen LogP contribution is 2.66. The summed E-state index contributed by atoms with van der Waals surface area (Å²) in [7, 11) is 1.59. The average molecular weight is 530 g/mol. The molecule has 0 saturated heterocycles. The smallest absolute Gasteiger partial charge is 0.233 e. The number of nitrogens with two attached hydrogens (primary N) is 1. The molecule has 0 amide bonds. The molecule has 2 aliphatic rings. The molecule has 2 N–H and O–H groups in total. The van der Waals surface area contributed by atoms with Crippen molar-refractivity contribution in [1.82, 2.24) is 15.0 Å². The highest BCUT2D eigenvalue weighted by Gasteiger charge is 2.66. The Morgan fingerprint density at radius 3 is 2.84 bits per heavy atom. The highest BCUT2D eigenvalue weighted by atomic mass is 32.2. The van der Waals surface area contributed by atoms with Gasteiger partial charge in [0.15, 0.2) is 29.2 Å². The van der Waals surface area contributed by atoms with Gasteiger partial charge < -0.3 is 19.6 Å². The SMILES string of the molecule is COC[C@]12C[C@H]1[C@@](C)(c1cc(CC(=O)c3ncc(OCc4ncco4)nc3C)cc(F)c1F)N=C(N)S2. The summed E-state index contributed by atoms with van der Waals surface area (Å²) in [6, 6.07) is 2.52. The maximum absolute atomic E-state index is 15.1. The number of Topliss-reactive ketones (excluding diaryl/α,β-unsaturated/α-hetero) is 1. The fourth-order valence-electron chi connectivity index (χ4n) is 4.98. The first kappa shape index (κ1) is 25.3. The van der Waals surface area contributed by atoms with Gasteiger partial charge in [-0.25, -0.2) is 23.7 Å². The number of ketones is 1.